The molecule has 102 valence electrons. The monoisotopic (exact) mass is 385 g/mol. The minimum absolute atomic E-state index is 0.897. The fourth-order valence-corrected chi connectivity index (χ4v) is 3.10. The maximum absolute atomic E-state index is 4.54. The standard InChI is InChI=1S/C14H17Br2N3/c1-3-4-7-17-14-18-10(2)9-19(14)13-6-5-11(15)8-12(13)16/h5-6,8-9H,3-4,7H2,1-2H3,(H,17,18). The lowest BCUT2D eigenvalue weighted by Gasteiger charge is -2.11. The number of nitrogens with zero attached hydrogens (tertiary/aromatic N) is 2. The summed E-state index contributed by atoms with van der Waals surface area (Å²) in [6.45, 7) is 5.14. The van der Waals surface area contributed by atoms with Crippen molar-refractivity contribution in [3.8, 4) is 5.69 Å². The van der Waals surface area contributed by atoms with Gasteiger partial charge in [0, 0.05) is 21.7 Å². The van der Waals surface area contributed by atoms with Gasteiger partial charge in [-0.05, 0) is 47.5 Å². The second kappa shape index (κ2) is 6.57. The van der Waals surface area contributed by atoms with Crippen LogP contribution in [0.5, 0.6) is 0 Å². The molecular weight excluding hydrogens is 370 g/mol. The molecule has 0 aliphatic rings. The summed E-state index contributed by atoms with van der Waals surface area (Å²) in [6.07, 6.45) is 4.37. The number of hydrogen-bond acceptors (Lipinski definition) is 2. The topological polar surface area (TPSA) is 29.9 Å². The lowest BCUT2D eigenvalue weighted by atomic mass is 10.3. The lowest BCUT2D eigenvalue weighted by molar-refractivity contribution is 0.823. The van der Waals surface area contributed by atoms with E-state index in [0.29, 0.717) is 0 Å². The quantitative estimate of drug-likeness (QED) is 0.739. The number of nitrogens with one attached hydrogen (secondary N) is 1. The average molecular weight is 387 g/mol. The molecule has 1 aromatic carbocycles. The third-order valence-electron chi connectivity index (χ3n) is 2.81. The van der Waals surface area contributed by atoms with Crippen LogP contribution in [-0.4, -0.2) is 16.1 Å². The Morgan fingerprint density at radius 3 is 2.79 bits per heavy atom. The predicted octanol–water partition coefficient (Wildman–Crippen LogP) is 4.92. The first-order valence-corrected chi connectivity index (χ1v) is 7.95. The van der Waals surface area contributed by atoms with E-state index in [1.165, 1.54) is 6.42 Å². The van der Waals surface area contributed by atoms with Gasteiger partial charge < -0.3 is 5.32 Å². The van der Waals surface area contributed by atoms with Crippen molar-refractivity contribution in [1.82, 2.24) is 9.55 Å². The van der Waals surface area contributed by atoms with Crippen LogP contribution in [0.25, 0.3) is 5.69 Å². The summed E-state index contributed by atoms with van der Waals surface area (Å²) in [6, 6.07) is 6.14. The summed E-state index contributed by atoms with van der Waals surface area (Å²) in [5.41, 5.74) is 2.09. The smallest absolute Gasteiger partial charge is 0.207 e. The molecule has 0 fully saturated rings. The minimum Gasteiger partial charge on any atom is -0.355 e. The fourth-order valence-electron chi connectivity index (χ4n) is 1.86. The Balaban J connectivity index is 2.32. The van der Waals surface area contributed by atoms with Gasteiger partial charge in [0.05, 0.1) is 11.4 Å². The van der Waals surface area contributed by atoms with Crippen molar-refractivity contribution in [1.29, 1.82) is 0 Å². The van der Waals surface area contributed by atoms with E-state index in [1.54, 1.807) is 0 Å². The van der Waals surface area contributed by atoms with Gasteiger partial charge in [0.2, 0.25) is 5.95 Å². The van der Waals surface area contributed by atoms with Crippen molar-refractivity contribution in [2.75, 3.05) is 11.9 Å². The van der Waals surface area contributed by atoms with E-state index in [-0.39, 0.29) is 0 Å². The molecule has 0 bridgehead atoms. The average Bonchev–Trinajstić information content (AvgIpc) is 2.71. The first-order valence-electron chi connectivity index (χ1n) is 6.37. The summed E-state index contributed by atoms with van der Waals surface area (Å²) in [5, 5.41) is 3.39. The van der Waals surface area contributed by atoms with E-state index in [2.05, 4.69) is 59.7 Å². The number of anilines is 1. The molecule has 0 aliphatic carbocycles. The highest BCUT2D eigenvalue weighted by Crippen LogP contribution is 2.27. The van der Waals surface area contributed by atoms with Crippen LogP contribution in [0.1, 0.15) is 25.5 Å². The Hall–Kier alpha value is -0.810. The Kier molecular flexibility index (Phi) is 5.05. The van der Waals surface area contributed by atoms with Crippen LogP contribution < -0.4 is 5.32 Å². The molecule has 0 amide bonds. The molecule has 1 heterocycles. The van der Waals surface area contributed by atoms with Crippen LogP contribution in [0.2, 0.25) is 0 Å². The first kappa shape index (κ1) is 14.6. The Morgan fingerprint density at radius 1 is 1.32 bits per heavy atom. The summed E-state index contributed by atoms with van der Waals surface area (Å²) in [4.78, 5) is 4.54. The number of aromatic nitrogens is 2. The zero-order valence-corrected chi connectivity index (χ0v) is 14.3. The van der Waals surface area contributed by atoms with E-state index < -0.39 is 0 Å². The molecule has 1 N–H and O–H groups in total. The molecule has 0 saturated carbocycles. The number of aryl methyl sites for hydroxylation is 1. The zero-order valence-electron chi connectivity index (χ0n) is 11.1. The van der Waals surface area contributed by atoms with Crippen LogP contribution in [0.4, 0.5) is 5.95 Å². The number of rotatable bonds is 5. The molecule has 1 aromatic heterocycles. The van der Waals surface area contributed by atoms with Gasteiger partial charge in [-0.1, -0.05) is 29.3 Å². The zero-order chi connectivity index (χ0) is 13.8. The van der Waals surface area contributed by atoms with Gasteiger partial charge >= 0.3 is 0 Å². The van der Waals surface area contributed by atoms with Crippen LogP contribution >= 0.6 is 31.9 Å². The Labute approximate surface area is 130 Å². The summed E-state index contributed by atoms with van der Waals surface area (Å²) < 4.78 is 4.18. The van der Waals surface area contributed by atoms with Gasteiger partial charge in [-0.15, -0.1) is 0 Å². The number of halogens is 2. The molecule has 0 spiro atoms. The molecule has 3 nitrogen and oxygen atoms in total. The van der Waals surface area contributed by atoms with Crippen molar-refractivity contribution in [3.05, 3.63) is 39.0 Å². The van der Waals surface area contributed by atoms with Crippen molar-refractivity contribution in [3.63, 3.8) is 0 Å². The molecule has 0 aliphatic heterocycles. The fraction of sp³-hybridized carbons (Fsp3) is 0.357. The maximum Gasteiger partial charge on any atom is 0.207 e. The molecule has 19 heavy (non-hydrogen) atoms. The van der Waals surface area contributed by atoms with Crippen molar-refractivity contribution >= 4 is 37.8 Å². The van der Waals surface area contributed by atoms with Crippen LogP contribution in [0.15, 0.2) is 33.3 Å². The third-order valence-corrected chi connectivity index (χ3v) is 3.94. The number of benzene rings is 1. The van der Waals surface area contributed by atoms with Crippen LogP contribution in [-0.2, 0) is 0 Å². The number of imidazole rings is 1. The molecule has 0 radical (unpaired) electrons. The molecular formula is C14H17Br2N3. The van der Waals surface area contributed by atoms with Gasteiger partial charge in [-0.2, -0.15) is 0 Å². The minimum atomic E-state index is 0.897. The van der Waals surface area contributed by atoms with Crippen molar-refractivity contribution < 1.29 is 0 Å². The molecule has 0 unspecified atom stereocenters. The highest BCUT2D eigenvalue weighted by molar-refractivity contribution is 9.11. The molecule has 5 heteroatoms. The van der Waals surface area contributed by atoms with Gasteiger partial charge in [-0.3, -0.25) is 4.57 Å². The molecule has 2 aromatic rings. The van der Waals surface area contributed by atoms with E-state index in [1.807, 2.05) is 25.3 Å². The normalized spacial score (nSPS) is 10.7. The molecule has 0 atom stereocenters. The summed E-state index contributed by atoms with van der Waals surface area (Å²) in [7, 11) is 0. The lowest BCUT2D eigenvalue weighted by Crippen LogP contribution is -2.07. The number of unbranched alkanes of at least 4 members (excludes halogenated alkanes) is 1. The largest absolute Gasteiger partial charge is 0.355 e. The van der Waals surface area contributed by atoms with E-state index >= 15 is 0 Å². The Morgan fingerprint density at radius 2 is 2.11 bits per heavy atom. The summed E-state index contributed by atoms with van der Waals surface area (Å²) in [5.74, 6) is 0.897. The van der Waals surface area contributed by atoms with Gasteiger partial charge in [0.25, 0.3) is 0 Å². The highest BCUT2D eigenvalue weighted by atomic mass is 79.9. The first-order chi connectivity index (χ1) is 9.11. The summed E-state index contributed by atoms with van der Waals surface area (Å²) >= 11 is 7.08. The van der Waals surface area contributed by atoms with Crippen LogP contribution in [0.3, 0.4) is 0 Å². The van der Waals surface area contributed by atoms with Crippen molar-refractivity contribution in [2.45, 2.75) is 26.7 Å². The van der Waals surface area contributed by atoms with Crippen molar-refractivity contribution in [2.24, 2.45) is 0 Å². The Bertz CT molecular complexity index is 564. The number of hydrogen-bond donors (Lipinski definition) is 1. The second-order valence-corrected chi connectivity index (χ2v) is 6.22. The molecule has 2 rings (SSSR count). The van der Waals surface area contributed by atoms with Gasteiger partial charge in [-0.25, -0.2) is 4.98 Å². The third kappa shape index (κ3) is 3.60. The van der Waals surface area contributed by atoms with E-state index in [4.69, 9.17) is 0 Å². The van der Waals surface area contributed by atoms with Gasteiger partial charge in [0.15, 0.2) is 0 Å². The van der Waals surface area contributed by atoms with E-state index in [9.17, 15) is 0 Å². The second-order valence-electron chi connectivity index (χ2n) is 4.45. The highest BCUT2D eigenvalue weighted by Gasteiger charge is 2.10. The maximum atomic E-state index is 4.54. The van der Waals surface area contributed by atoms with Gasteiger partial charge in [0.1, 0.15) is 0 Å². The SMILES string of the molecule is CCCCNc1nc(C)cn1-c1ccc(Br)cc1Br. The van der Waals surface area contributed by atoms with E-state index in [0.717, 1.165) is 39.2 Å². The van der Waals surface area contributed by atoms with Crippen LogP contribution in [0, 0.1) is 6.92 Å². The predicted molar refractivity (Wildman–Crippen MR) is 87.1 cm³/mol. The molecule has 0 saturated heterocycles.